The number of benzene rings is 1. The van der Waals surface area contributed by atoms with Crippen LogP contribution in [0.3, 0.4) is 0 Å². The molecule has 0 saturated carbocycles. The molecule has 3 aromatic heterocycles. The summed E-state index contributed by atoms with van der Waals surface area (Å²) in [7, 11) is 0. The second-order valence-electron chi connectivity index (χ2n) is 7.35. The monoisotopic (exact) mass is 371 g/mol. The molecule has 0 amide bonds. The maximum Gasteiger partial charge on any atom is 0.235 e. The van der Waals surface area contributed by atoms with Crippen molar-refractivity contribution in [3.63, 3.8) is 0 Å². The normalized spacial score (nSPS) is 16.1. The highest BCUT2D eigenvalue weighted by Crippen LogP contribution is 2.34. The van der Waals surface area contributed by atoms with Crippen LogP contribution in [0.25, 0.3) is 17.0 Å². The third-order valence-electron chi connectivity index (χ3n) is 5.28. The molecule has 0 radical (unpaired) electrons. The molecule has 1 aromatic carbocycles. The Morgan fingerprint density at radius 3 is 2.71 bits per heavy atom. The van der Waals surface area contributed by atoms with E-state index in [9.17, 15) is 0 Å². The van der Waals surface area contributed by atoms with E-state index in [0.29, 0.717) is 18.4 Å². The predicted molar refractivity (Wildman–Crippen MR) is 106 cm³/mol. The first-order valence-electron chi connectivity index (χ1n) is 9.65. The largest absolute Gasteiger partial charge is 0.470 e. The molecular formula is C22H21N5O. The quantitative estimate of drug-likeness (QED) is 0.544. The lowest BCUT2D eigenvalue weighted by molar-refractivity contribution is 0.278. The Balaban J connectivity index is 1.62. The maximum absolute atomic E-state index is 6.14. The summed E-state index contributed by atoms with van der Waals surface area (Å²) in [5.41, 5.74) is 5.08. The fourth-order valence-electron chi connectivity index (χ4n) is 3.80. The number of nitrogens with zero attached hydrogens (tertiary/aromatic N) is 5. The van der Waals surface area contributed by atoms with Crippen LogP contribution in [0.5, 0.6) is 5.88 Å². The van der Waals surface area contributed by atoms with E-state index in [2.05, 4.69) is 22.1 Å². The molecule has 0 saturated heterocycles. The number of pyridine rings is 1. The van der Waals surface area contributed by atoms with Gasteiger partial charge in [-0.05, 0) is 37.3 Å². The van der Waals surface area contributed by atoms with E-state index in [0.717, 1.165) is 47.6 Å². The molecule has 0 spiro atoms. The summed E-state index contributed by atoms with van der Waals surface area (Å²) < 4.78 is 7.98. The van der Waals surface area contributed by atoms with Gasteiger partial charge in [0.05, 0.1) is 5.69 Å². The van der Waals surface area contributed by atoms with Crippen LogP contribution in [0.4, 0.5) is 0 Å². The summed E-state index contributed by atoms with van der Waals surface area (Å²) in [5, 5.41) is 13.7. The highest BCUT2D eigenvalue weighted by atomic mass is 16.5. The van der Waals surface area contributed by atoms with Gasteiger partial charge in [-0.2, -0.15) is 4.52 Å². The van der Waals surface area contributed by atoms with Crippen LogP contribution < -0.4 is 4.74 Å². The van der Waals surface area contributed by atoms with Crippen LogP contribution >= 0.6 is 0 Å². The molecule has 6 nitrogen and oxygen atoms in total. The van der Waals surface area contributed by atoms with Gasteiger partial charge in [-0.25, -0.2) is 0 Å². The van der Waals surface area contributed by atoms with Gasteiger partial charge in [-0.3, -0.25) is 4.98 Å². The van der Waals surface area contributed by atoms with E-state index in [1.54, 1.807) is 6.20 Å². The minimum Gasteiger partial charge on any atom is -0.470 e. The van der Waals surface area contributed by atoms with Crippen molar-refractivity contribution in [1.29, 1.82) is 0 Å². The first-order valence-corrected chi connectivity index (χ1v) is 9.65. The Kier molecular flexibility index (Phi) is 4.24. The smallest absolute Gasteiger partial charge is 0.235 e. The second kappa shape index (κ2) is 7.03. The van der Waals surface area contributed by atoms with E-state index < -0.39 is 0 Å². The lowest BCUT2D eigenvalue weighted by Crippen LogP contribution is -2.17. The topological polar surface area (TPSA) is 65.2 Å². The van der Waals surface area contributed by atoms with Gasteiger partial charge in [0.25, 0.3) is 0 Å². The van der Waals surface area contributed by atoms with E-state index in [1.807, 2.05) is 53.0 Å². The highest BCUT2D eigenvalue weighted by molar-refractivity contribution is 5.63. The fourth-order valence-corrected chi connectivity index (χ4v) is 3.80. The van der Waals surface area contributed by atoms with Crippen molar-refractivity contribution in [3.05, 3.63) is 71.5 Å². The Morgan fingerprint density at radius 1 is 1.04 bits per heavy atom. The number of fused-ring (bicyclic) bond motifs is 3. The molecule has 0 bridgehead atoms. The van der Waals surface area contributed by atoms with Crippen molar-refractivity contribution in [2.75, 3.05) is 0 Å². The van der Waals surface area contributed by atoms with E-state index in [1.165, 1.54) is 5.56 Å². The molecule has 0 aliphatic heterocycles. The molecule has 5 rings (SSSR count). The van der Waals surface area contributed by atoms with Crippen molar-refractivity contribution in [3.8, 4) is 17.3 Å². The van der Waals surface area contributed by atoms with Crippen molar-refractivity contribution in [1.82, 2.24) is 24.8 Å². The van der Waals surface area contributed by atoms with Gasteiger partial charge in [0.1, 0.15) is 6.61 Å². The lowest BCUT2D eigenvalue weighted by Gasteiger charge is -2.23. The van der Waals surface area contributed by atoms with Crippen LogP contribution in [-0.4, -0.2) is 24.8 Å². The Hall–Kier alpha value is -3.28. The SMILES string of the molecule is CC1CCc2c(OCc3ccccn3)nn3c(-c4ccccc4)nnc3c2C1. The minimum absolute atomic E-state index is 0.393. The van der Waals surface area contributed by atoms with E-state index >= 15 is 0 Å². The molecule has 28 heavy (non-hydrogen) atoms. The highest BCUT2D eigenvalue weighted by Gasteiger charge is 2.26. The third kappa shape index (κ3) is 3.01. The number of hydrogen-bond donors (Lipinski definition) is 0. The van der Waals surface area contributed by atoms with Crippen molar-refractivity contribution in [2.45, 2.75) is 32.8 Å². The van der Waals surface area contributed by atoms with E-state index in [-0.39, 0.29) is 0 Å². The van der Waals surface area contributed by atoms with Gasteiger partial charge in [-0.1, -0.05) is 43.3 Å². The van der Waals surface area contributed by atoms with Crippen molar-refractivity contribution in [2.24, 2.45) is 5.92 Å². The van der Waals surface area contributed by atoms with Crippen LogP contribution in [0.2, 0.25) is 0 Å². The molecule has 0 fully saturated rings. The average molecular weight is 371 g/mol. The fraction of sp³-hybridized carbons (Fsp3) is 0.273. The lowest BCUT2D eigenvalue weighted by atomic mass is 9.86. The van der Waals surface area contributed by atoms with E-state index in [4.69, 9.17) is 9.84 Å². The first-order chi connectivity index (χ1) is 13.8. The molecule has 4 aromatic rings. The third-order valence-corrected chi connectivity index (χ3v) is 5.28. The number of aromatic nitrogens is 5. The number of hydrogen-bond acceptors (Lipinski definition) is 5. The number of rotatable bonds is 4. The molecule has 3 heterocycles. The summed E-state index contributed by atoms with van der Waals surface area (Å²) in [4.78, 5) is 4.35. The molecule has 0 N–H and O–H groups in total. The minimum atomic E-state index is 0.393. The molecule has 1 aliphatic carbocycles. The summed E-state index contributed by atoms with van der Waals surface area (Å²) in [6.45, 7) is 2.67. The van der Waals surface area contributed by atoms with Gasteiger partial charge >= 0.3 is 0 Å². The van der Waals surface area contributed by atoms with Crippen LogP contribution in [-0.2, 0) is 19.4 Å². The zero-order valence-corrected chi connectivity index (χ0v) is 15.7. The molecule has 140 valence electrons. The Labute approximate surface area is 163 Å². The zero-order chi connectivity index (χ0) is 18.9. The molecule has 1 aliphatic rings. The standard InChI is InChI=1S/C22H21N5O/c1-15-10-11-18-19(13-15)21-25-24-20(16-7-3-2-4-8-16)27(21)26-22(18)28-14-17-9-5-6-12-23-17/h2-9,12,15H,10-11,13-14H2,1H3. The summed E-state index contributed by atoms with van der Waals surface area (Å²) in [5.74, 6) is 2.01. The summed E-state index contributed by atoms with van der Waals surface area (Å²) in [6, 6.07) is 15.9. The van der Waals surface area contributed by atoms with Gasteiger partial charge < -0.3 is 4.74 Å². The van der Waals surface area contributed by atoms with Crippen molar-refractivity contribution >= 4 is 5.65 Å². The number of ether oxygens (including phenoxy) is 1. The van der Waals surface area contributed by atoms with Gasteiger partial charge in [0.15, 0.2) is 11.5 Å². The van der Waals surface area contributed by atoms with Gasteiger partial charge in [0.2, 0.25) is 5.88 Å². The van der Waals surface area contributed by atoms with Crippen LogP contribution in [0, 0.1) is 5.92 Å². The zero-order valence-electron chi connectivity index (χ0n) is 15.7. The summed E-state index contributed by atoms with van der Waals surface area (Å²) in [6.07, 6.45) is 4.82. The maximum atomic E-state index is 6.14. The van der Waals surface area contributed by atoms with Crippen LogP contribution in [0.1, 0.15) is 30.2 Å². The summed E-state index contributed by atoms with van der Waals surface area (Å²) >= 11 is 0. The Morgan fingerprint density at radius 2 is 1.89 bits per heavy atom. The van der Waals surface area contributed by atoms with Crippen LogP contribution in [0.15, 0.2) is 54.7 Å². The molecular weight excluding hydrogens is 350 g/mol. The second-order valence-corrected chi connectivity index (χ2v) is 7.35. The van der Waals surface area contributed by atoms with Gasteiger partial charge in [0, 0.05) is 22.9 Å². The molecule has 1 atom stereocenters. The predicted octanol–water partition coefficient (Wildman–Crippen LogP) is 3.89. The molecule has 6 heteroatoms. The first kappa shape index (κ1) is 16.9. The van der Waals surface area contributed by atoms with Crippen molar-refractivity contribution < 1.29 is 4.74 Å². The Bertz CT molecular complexity index is 1110. The average Bonchev–Trinajstić information content (AvgIpc) is 3.17. The molecule has 1 unspecified atom stereocenters. The van der Waals surface area contributed by atoms with Gasteiger partial charge in [-0.15, -0.1) is 15.3 Å².